The van der Waals surface area contributed by atoms with Crippen LogP contribution in [0.1, 0.15) is 19.4 Å². The van der Waals surface area contributed by atoms with Crippen LogP contribution in [0.15, 0.2) is 24.3 Å². The SMILES string of the molecule is CC(C)CN(C)CC(O)COc1cccc(C#N)c1. The van der Waals surface area contributed by atoms with Gasteiger partial charge in [0.15, 0.2) is 0 Å². The van der Waals surface area contributed by atoms with Gasteiger partial charge in [0, 0.05) is 13.1 Å². The zero-order valence-corrected chi connectivity index (χ0v) is 11.8. The number of ether oxygens (including phenoxy) is 1. The van der Waals surface area contributed by atoms with Crippen LogP contribution in [0.3, 0.4) is 0 Å². The molecular weight excluding hydrogens is 240 g/mol. The van der Waals surface area contributed by atoms with Crippen molar-refractivity contribution >= 4 is 0 Å². The monoisotopic (exact) mass is 262 g/mol. The van der Waals surface area contributed by atoms with Gasteiger partial charge in [-0.1, -0.05) is 19.9 Å². The van der Waals surface area contributed by atoms with Gasteiger partial charge in [-0.25, -0.2) is 0 Å². The van der Waals surface area contributed by atoms with E-state index in [0.29, 0.717) is 23.8 Å². The summed E-state index contributed by atoms with van der Waals surface area (Å²) in [4.78, 5) is 2.09. The maximum absolute atomic E-state index is 9.89. The Hall–Kier alpha value is -1.57. The largest absolute Gasteiger partial charge is 0.491 e. The van der Waals surface area contributed by atoms with Crippen molar-refractivity contribution < 1.29 is 9.84 Å². The van der Waals surface area contributed by atoms with Crippen LogP contribution in [-0.4, -0.2) is 42.9 Å². The summed E-state index contributed by atoms with van der Waals surface area (Å²) in [6.07, 6.45) is -0.533. The molecule has 0 heterocycles. The Morgan fingerprint density at radius 3 is 2.74 bits per heavy atom. The van der Waals surface area contributed by atoms with E-state index in [4.69, 9.17) is 10.00 Å². The number of aliphatic hydroxyl groups is 1. The summed E-state index contributed by atoms with van der Waals surface area (Å²) in [6.45, 7) is 6.05. The predicted molar refractivity (Wildman–Crippen MR) is 75.0 cm³/mol. The quantitative estimate of drug-likeness (QED) is 0.815. The van der Waals surface area contributed by atoms with E-state index in [1.807, 2.05) is 7.05 Å². The first-order valence-electron chi connectivity index (χ1n) is 6.51. The molecular formula is C15H22N2O2. The molecule has 0 fully saturated rings. The third-order valence-electron chi connectivity index (χ3n) is 2.60. The Morgan fingerprint density at radius 1 is 1.37 bits per heavy atom. The molecule has 0 radical (unpaired) electrons. The fourth-order valence-corrected chi connectivity index (χ4v) is 1.96. The molecule has 0 amide bonds. The lowest BCUT2D eigenvalue weighted by Crippen LogP contribution is -2.35. The second kappa shape index (κ2) is 7.78. The molecule has 1 unspecified atom stereocenters. The van der Waals surface area contributed by atoms with Gasteiger partial charge in [-0.3, -0.25) is 0 Å². The van der Waals surface area contributed by atoms with E-state index in [9.17, 15) is 5.11 Å². The van der Waals surface area contributed by atoms with E-state index in [1.54, 1.807) is 24.3 Å². The van der Waals surface area contributed by atoms with E-state index in [2.05, 4.69) is 24.8 Å². The number of likely N-dealkylation sites (N-methyl/N-ethyl adjacent to an activating group) is 1. The van der Waals surface area contributed by atoms with Crippen LogP contribution in [0, 0.1) is 17.2 Å². The molecule has 1 aromatic rings. The summed E-state index contributed by atoms with van der Waals surface area (Å²) in [5.41, 5.74) is 0.559. The lowest BCUT2D eigenvalue weighted by atomic mass is 10.2. The molecule has 1 N–H and O–H groups in total. The second-order valence-electron chi connectivity index (χ2n) is 5.22. The zero-order valence-electron chi connectivity index (χ0n) is 11.8. The number of hydrogen-bond donors (Lipinski definition) is 1. The summed E-state index contributed by atoms with van der Waals surface area (Å²) in [6, 6.07) is 9.00. The molecule has 4 heteroatoms. The van der Waals surface area contributed by atoms with Gasteiger partial charge in [0.25, 0.3) is 0 Å². The van der Waals surface area contributed by atoms with Crippen LogP contribution in [0.25, 0.3) is 0 Å². The Labute approximate surface area is 115 Å². The molecule has 0 saturated heterocycles. The van der Waals surface area contributed by atoms with Gasteiger partial charge >= 0.3 is 0 Å². The number of nitrogens with zero attached hydrogens (tertiary/aromatic N) is 2. The number of aliphatic hydroxyl groups excluding tert-OH is 1. The highest BCUT2D eigenvalue weighted by molar-refractivity contribution is 5.36. The lowest BCUT2D eigenvalue weighted by Gasteiger charge is -2.22. The predicted octanol–water partition coefficient (Wildman–Crippen LogP) is 1.89. The molecule has 104 valence electrons. The van der Waals surface area contributed by atoms with Gasteiger partial charge in [0.1, 0.15) is 18.5 Å². The van der Waals surface area contributed by atoms with Crippen molar-refractivity contribution in [2.45, 2.75) is 20.0 Å². The molecule has 19 heavy (non-hydrogen) atoms. The van der Waals surface area contributed by atoms with E-state index in [-0.39, 0.29) is 6.61 Å². The van der Waals surface area contributed by atoms with Crippen LogP contribution in [-0.2, 0) is 0 Å². The lowest BCUT2D eigenvalue weighted by molar-refractivity contribution is 0.0732. The minimum Gasteiger partial charge on any atom is -0.491 e. The maximum atomic E-state index is 9.89. The van der Waals surface area contributed by atoms with Gasteiger partial charge in [0.2, 0.25) is 0 Å². The Balaban J connectivity index is 2.37. The van der Waals surface area contributed by atoms with Crippen LogP contribution < -0.4 is 4.74 Å². The summed E-state index contributed by atoms with van der Waals surface area (Å²) >= 11 is 0. The van der Waals surface area contributed by atoms with Crippen molar-refractivity contribution in [1.82, 2.24) is 4.90 Å². The Bertz CT molecular complexity index is 426. The van der Waals surface area contributed by atoms with Crippen molar-refractivity contribution in [2.75, 3.05) is 26.7 Å². The molecule has 0 saturated carbocycles. The van der Waals surface area contributed by atoms with E-state index >= 15 is 0 Å². The van der Waals surface area contributed by atoms with Crippen molar-refractivity contribution in [3.05, 3.63) is 29.8 Å². The molecule has 4 nitrogen and oxygen atoms in total. The van der Waals surface area contributed by atoms with Crippen LogP contribution >= 0.6 is 0 Å². The van der Waals surface area contributed by atoms with Gasteiger partial charge in [-0.05, 0) is 31.2 Å². The molecule has 0 aliphatic rings. The first-order valence-corrected chi connectivity index (χ1v) is 6.51. The van der Waals surface area contributed by atoms with Gasteiger partial charge < -0.3 is 14.7 Å². The number of hydrogen-bond acceptors (Lipinski definition) is 4. The van der Waals surface area contributed by atoms with Gasteiger partial charge in [-0.2, -0.15) is 5.26 Å². The standard InChI is InChI=1S/C15H22N2O2/c1-12(2)9-17(3)10-14(18)11-19-15-6-4-5-13(7-15)8-16/h4-7,12,14,18H,9-11H2,1-3H3. The smallest absolute Gasteiger partial charge is 0.120 e. The summed E-state index contributed by atoms with van der Waals surface area (Å²) in [5.74, 6) is 1.19. The minimum atomic E-state index is -0.533. The third kappa shape index (κ3) is 6.23. The molecule has 0 aliphatic carbocycles. The molecule has 0 spiro atoms. The summed E-state index contributed by atoms with van der Waals surface area (Å²) < 4.78 is 5.49. The van der Waals surface area contributed by atoms with E-state index in [0.717, 1.165) is 6.54 Å². The minimum absolute atomic E-state index is 0.233. The third-order valence-corrected chi connectivity index (χ3v) is 2.60. The van der Waals surface area contributed by atoms with Crippen molar-refractivity contribution in [3.63, 3.8) is 0 Å². The average Bonchev–Trinajstić information content (AvgIpc) is 2.35. The highest BCUT2D eigenvalue weighted by atomic mass is 16.5. The molecule has 0 bridgehead atoms. The average molecular weight is 262 g/mol. The number of nitriles is 1. The second-order valence-corrected chi connectivity index (χ2v) is 5.22. The molecule has 0 aromatic heterocycles. The molecule has 1 aromatic carbocycles. The zero-order chi connectivity index (χ0) is 14.3. The van der Waals surface area contributed by atoms with Crippen LogP contribution in [0.5, 0.6) is 5.75 Å². The molecule has 1 rings (SSSR count). The van der Waals surface area contributed by atoms with E-state index in [1.165, 1.54) is 0 Å². The van der Waals surface area contributed by atoms with Crippen molar-refractivity contribution in [1.29, 1.82) is 5.26 Å². The summed E-state index contributed by atoms with van der Waals surface area (Å²) in [5, 5.41) is 18.7. The maximum Gasteiger partial charge on any atom is 0.120 e. The topological polar surface area (TPSA) is 56.5 Å². The first kappa shape index (κ1) is 15.5. The first-order chi connectivity index (χ1) is 9.01. The van der Waals surface area contributed by atoms with Crippen LogP contribution in [0.4, 0.5) is 0 Å². The highest BCUT2D eigenvalue weighted by Crippen LogP contribution is 2.12. The normalized spacial score (nSPS) is 12.5. The summed E-state index contributed by atoms with van der Waals surface area (Å²) in [7, 11) is 1.99. The highest BCUT2D eigenvalue weighted by Gasteiger charge is 2.10. The van der Waals surface area contributed by atoms with E-state index < -0.39 is 6.10 Å². The van der Waals surface area contributed by atoms with Gasteiger partial charge in [0.05, 0.1) is 11.6 Å². The Kier molecular flexibility index (Phi) is 6.34. The number of benzene rings is 1. The fraction of sp³-hybridized carbons (Fsp3) is 0.533. The van der Waals surface area contributed by atoms with Gasteiger partial charge in [-0.15, -0.1) is 0 Å². The number of rotatable bonds is 7. The van der Waals surface area contributed by atoms with Crippen LogP contribution in [0.2, 0.25) is 0 Å². The molecule has 0 aliphatic heterocycles. The van der Waals surface area contributed by atoms with Crippen molar-refractivity contribution in [3.8, 4) is 11.8 Å². The van der Waals surface area contributed by atoms with Crippen molar-refractivity contribution in [2.24, 2.45) is 5.92 Å². The molecule has 1 atom stereocenters. The fourth-order valence-electron chi connectivity index (χ4n) is 1.96. The Morgan fingerprint density at radius 2 is 2.11 bits per heavy atom.